The van der Waals surface area contributed by atoms with Gasteiger partial charge in [-0.3, -0.25) is 9.69 Å². The first-order chi connectivity index (χ1) is 11.6. The fourth-order valence-electron chi connectivity index (χ4n) is 2.81. The van der Waals surface area contributed by atoms with Crippen molar-refractivity contribution < 1.29 is 19.4 Å². The van der Waals surface area contributed by atoms with E-state index in [1.165, 1.54) is 0 Å². The lowest BCUT2D eigenvalue weighted by atomic mass is 9.86. The Balaban J connectivity index is 2.00. The number of hydrogen-bond acceptors (Lipinski definition) is 4. The number of benzene rings is 1. The van der Waals surface area contributed by atoms with Crippen molar-refractivity contribution in [2.75, 3.05) is 13.2 Å². The number of carbonyl (C=O) groups excluding carboxylic acids is 2. The SMILES string of the molecule is CC[C@@]1(C)NC(=O)N(C[C@@H](O)COc2ccccc2C(C)(C)C)C1=O. The third-order valence-corrected chi connectivity index (χ3v) is 4.57. The number of rotatable bonds is 6. The van der Waals surface area contributed by atoms with Crippen molar-refractivity contribution in [3.63, 3.8) is 0 Å². The number of ether oxygens (including phenoxy) is 1. The van der Waals surface area contributed by atoms with Crippen LogP contribution >= 0.6 is 0 Å². The highest BCUT2D eigenvalue weighted by Gasteiger charge is 2.46. The standard InChI is InChI=1S/C19H28N2O4/c1-6-19(5)16(23)21(17(24)20-19)11-13(22)12-25-15-10-8-7-9-14(15)18(2,3)4/h7-10,13,22H,6,11-12H2,1-5H3,(H,20,24)/t13-,19-/m1/s1. The largest absolute Gasteiger partial charge is 0.491 e. The zero-order valence-corrected chi connectivity index (χ0v) is 15.6. The Labute approximate surface area is 149 Å². The monoisotopic (exact) mass is 348 g/mol. The zero-order chi connectivity index (χ0) is 18.8. The number of urea groups is 1. The number of aliphatic hydroxyl groups excluding tert-OH is 1. The van der Waals surface area contributed by atoms with Gasteiger partial charge in [0.2, 0.25) is 0 Å². The normalized spacial score (nSPS) is 22.1. The molecule has 0 spiro atoms. The van der Waals surface area contributed by atoms with Crippen LogP contribution in [-0.2, 0) is 10.2 Å². The van der Waals surface area contributed by atoms with E-state index < -0.39 is 17.7 Å². The van der Waals surface area contributed by atoms with Crippen molar-refractivity contribution in [1.29, 1.82) is 0 Å². The maximum Gasteiger partial charge on any atom is 0.325 e. The van der Waals surface area contributed by atoms with Crippen LogP contribution in [0.4, 0.5) is 4.79 Å². The summed E-state index contributed by atoms with van der Waals surface area (Å²) in [6.07, 6.45) is -0.457. The number of amides is 3. The number of hydrogen-bond donors (Lipinski definition) is 2. The van der Waals surface area contributed by atoms with Gasteiger partial charge in [0.15, 0.2) is 0 Å². The molecule has 2 N–H and O–H groups in total. The molecule has 0 bridgehead atoms. The van der Waals surface area contributed by atoms with Crippen LogP contribution in [0.3, 0.4) is 0 Å². The maximum atomic E-state index is 12.4. The van der Waals surface area contributed by atoms with E-state index in [9.17, 15) is 14.7 Å². The fraction of sp³-hybridized carbons (Fsp3) is 0.579. The van der Waals surface area contributed by atoms with Gasteiger partial charge in [-0.15, -0.1) is 0 Å². The van der Waals surface area contributed by atoms with Gasteiger partial charge >= 0.3 is 6.03 Å². The molecule has 6 heteroatoms. The molecule has 0 aliphatic carbocycles. The van der Waals surface area contributed by atoms with Gasteiger partial charge in [-0.05, 0) is 30.4 Å². The van der Waals surface area contributed by atoms with Gasteiger partial charge in [0.1, 0.15) is 24.0 Å². The van der Waals surface area contributed by atoms with E-state index in [-0.39, 0.29) is 24.5 Å². The van der Waals surface area contributed by atoms with E-state index in [2.05, 4.69) is 26.1 Å². The summed E-state index contributed by atoms with van der Waals surface area (Å²) < 4.78 is 5.76. The lowest BCUT2D eigenvalue weighted by molar-refractivity contribution is -0.132. The lowest BCUT2D eigenvalue weighted by Gasteiger charge is -2.24. The van der Waals surface area contributed by atoms with E-state index in [1.807, 2.05) is 31.2 Å². The fourth-order valence-corrected chi connectivity index (χ4v) is 2.81. The second kappa shape index (κ2) is 7.04. The molecule has 25 heavy (non-hydrogen) atoms. The average molecular weight is 348 g/mol. The molecule has 1 saturated heterocycles. The van der Waals surface area contributed by atoms with Crippen molar-refractivity contribution in [3.05, 3.63) is 29.8 Å². The van der Waals surface area contributed by atoms with Gasteiger partial charge in [0.05, 0.1) is 6.54 Å². The molecule has 0 saturated carbocycles. The quantitative estimate of drug-likeness (QED) is 0.774. The molecule has 2 rings (SSSR count). The third-order valence-electron chi connectivity index (χ3n) is 4.57. The van der Waals surface area contributed by atoms with Crippen molar-refractivity contribution >= 4 is 11.9 Å². The summed E-state index contributed by atoms with van der Waals surface area (Å²) in [6.45, 7) is 9.71. The molecule has 6 nitrogen and oxygen atoms in total. The summed E-state index contributed by atoms with van der Waals surface area (Å²) in [5, 5.41) is 12.9. The average Bonchev–Trinajstić information content (AvgIpc) is 2.76. The summed E-state index contributed by atoms with van der Waals surface area (Å²) in [7, 11) is 0. The minimum absolute atomic E-state index is 0.00694. The molecule has 1 heterocycles. The third kappa shape index (κ3) is 4.12. The number of nitrogens with one attached hydrogen (secondary N) is 1. The molecule has 1 aliphatic heterocycles. The molecule has 2 atom stereocenters. The van der Waals surface area contributed by atoms with Crippen LogP contribution in [0.25, 0.3) is 0 Å². The summed E-state index contributed by atoms with van der Waals surface area (Å²) in [5.41, 5.74) is 0.0574. The predicted octanol–water partition coefficient (Wildman–Crippen LogP) is 2.44. The van der Waals surface area contributed by atoms with Crippen LogP contribution < -0.4 is 10.1 Å². The van der Waals surface area contributed by atoms with Gasteiger partial charge in [-0.25, -0.2) is 4.79 Å². The van der Waals surface area contributed by atoms with Crippen molar-refractivity contribution in [3.8, 4) is 5.75 Å². The smallest absolute Gasteiger partial charge is 0.325 e. The molecule has 3 amide bonds. The lowest BCUT2D eigenvalue weighted by Crippen LogP contribution is -2.44. The molecule has 0 unspecified atom stereocenters. The Morgan fingerprint density at radius 3 is 2.48 bits per heavy atom. The summed E-state index contributed by atoms with van der Waals surface area (Å²) >= 11 is 0. The molecule has 1 aromatic rings. The maximum absolute atomic E-state index is 12.4. The Bertz CT molecular complexity index is 653. The van der Waals surface area contributed by atoms with Crippen LogP contribution in [0.1, 0.15) is 46.6 Å². The van der Waals surface area contributed by atoms with Crippen LogP contribution in [0.15, 0.2) is 24.3 Å². The van der Waals surface area contributed by atoms with Gasteiger partial charge in [-0.1, -0.05) is 45.9 Å². The van der Waals surface area contributed by atoms with E-state index in [4.69, 9.17) is 4.74 Å². The second-order valence-corrected chi connectivity index (χ2v) is 7.74. The van der Waals surface area contributed by atoms with Crippen LogP contribution in [0.2, 0.25) is 0 Å². The van der Waals surface area contributed by atoms with Crippen LogP contribution in [-0.4, -0.2) is 46.7 Å². The number of β-amino-alcohol motifs (C(OH)–C–C–N with tert-alkyl or cyclic N) is 1. The van der Waals surface area contributed by atoms with Gasteiger partial charge in [0, 0.05) is 0 Å². The summed E-state index contributed by atoms with van der Waals surface area (Å²) in [6, 6.07) is 7.20. The molecule has 1 fully saturated rings. The Kier molecular flexibility index (Phi) is 5.42. The molecule has 1 aliphatic rings. The number of nitrogens with zero attached hydrogens (tertiary/aromatic N) is 1. The minimum atomic E-state index is -0.957. The topological polar surface area (TPSA) is 78.9 Å². The molecule has 0 aromatic heterocycles. The predicted molar refractivity (Wildman–Crippen MR) is 95.6 cm³/mol. The Morgan fingerprint density at radius 2 is 1.92 bits per heavy atom. The highest BCUT2D eigenvalue weighted by atomic mass is 16.5. The molecule has 0 radical (unpaired) electrons. The minimum Gasteiger partial charge on any atom is -0.491 e. The first kappa shape index (κ1) is 19.2. The summed E-state index contributed by atoms with van der Waals surface area (Å²) in [4.78, 5) is 25.4. The van der Waals surface area contributed by atoms with Crippen molar-refractivity contribution in [2.24, 2.45) is 0 Å². The molecular formula is C19H28N2O4. The molecule has 138 valence electrons. The van der Waals surface area contributed by atoms with Crippen molar-refractivity contribution in [1.82, 2.24) is 10.2 Å². The molecule has 1 aromatic carbocycles. The van der Waals surface area contributed by atoms with E-state index in [1.54, 1.807) is 6.92 Å². The van der Waals surface area contributed by atoms with E-state index >= 15 is 0 Å². The highest BCUT2D eigenvalue weighted by molar-refractivity contribution is 6.06. The first-order valence-corrected chi connectivity index (χ1v) is 8.63. The van der Waals surface area contributed by atoms with Gasteiger partial charge < -0.3 is 15.2 Å². The molecular weight excluding hydrogens is 320 g/mol. The highest BCUT2D eigenvalue weighted by Crippen LogP contribution is 2.31. The number of carbonyl (C=O) groups is 2. The van der Waals surface area contributed by atoms with Crippen LogP contribution in [0.5, 0.6) is 5.75 Å². The Hall–Kier alpha value is -2.08. The zero-order valence-electron chi connectivity index (χ0n) is 15.6. The number of imide groups is 1. The first-order valence-electron chi connectivity index (χ1n) is 8.63. The summed E-state index contributed by atoms with van der Waals surface area (Å²) in [5.74, 6) is 0.388. The second-order valence-electron chi connectivity index (χ2n) is 7.74. The van der Waals surface area contributed by atoms with Crippen molar-refractivity contribution in [2.45, 2.75) is 58.1 Å². The van der Waals surface area contributed by atoms with E-state index in [0.29, 0.717) is 12.2 Å². The number of aliphatic hydroxyl groups is 1. The van der Waals surface area contributed by atoms with E-state index in [0.717, 1.165) is 10.5 Å². The van der Waals surface area contributed by atoms with Gasteiger partial charge in [0.25, 0.3) is 5.91 Å². The van der Waals surface area contributed by atoms with Crippen LogP contribution in [0, 0.1) is 0 Å². The number of para-hydroxylation sites is 1. The van der Waals surface area contributed by atoms with Gasteiger partial charge in [-0.2, -0.15) is 0 Å². The Morgan fingerprint density at radius 1 is 1.28 bits per heavy atom.